The Kier molecular flexibility index (Phi) is 7.62. The zero-order valence-electron chi connectivity index (χ0n) is 17.7. The number of aryl methyl sites for hydroxylation is 2. The van der Waals surface area contributed by atoms with Crippen LogP contribution in [0.15, 0.2) is 52.6 Å². The van der Waals surface area contributed by atoms with Gasteiger partial charge in [-0.3, -0.25) is 9.59 Å². The maximum atomic E-state index is 12.7. The van der Waals surface area contributed by atoms with Gasteiger partial charge in [0.05, 0.1) is 21.1 Å². The molecule has 0 atom stereocenters. The lowest BCUT2D eigenvalue weighted by Crippen LogP contribution is -2.28. The molecule has 0 spiro atoms. The zero-order valence-corrected chi connectivity index (χ0v) is 20.1. The van der Waals surface area contributed by atoms with Crippen molar-refractivity contribution in [1.82, 2.24) is 15.6 Å². The molecule has 3 aromatic rings. The first-order valence-electron chi connectivity index (χ1n) is 9.70. The van der Waals surface area contributed by atoms with E-state index in [0.717, 1.165) is 10.6 Å². The predicted molar refractivity (Wildman–Crippen MR) is 128 cm³/mol. The number of carboxylic acids is 1. The average Bonchev–Trinajstić information content (AvgIpc) is 3.07. The molecule has 170 valence electrons. The minimum atomic E-state index is -1.28. The van der Waals surface area contributed by atoms with E-state index < -0.39 is 11.9 Å². The molecule has 2 aromatic carbocycles. The van der Waals surface area contributed by atoms with E-state index in [1.54, 1.807) is 25.1 Å². The Morgan fingerprint density at radius 1 is 1.12 bits per heavy atom. The number of benzene rings is 2. The molecule has 0 bridgehead atoms. The second-order valence-corrected chi connectivity index (χ2v) is 9.14. The molecule has 10 heteroatoms. The second-order valence-electron chi connectivity index (χ2n) is 7.05. The van der Waals surface area contributed by atoms with Gasteiger partial charge >= 0.3 is 5.97 Å². The second kappa shape index (κ2) is 10.4. The number of rotatable bonds is 7. The van der Waals surface area contributed by atoms with Gasteiger partial charge in [-0.1, -0.05) is 12.1 Å². The molecule has 33 heavy (non-hydrogen) atoms. The normalized spacial score (nSPS) is 11.2. The number of carbonyl (C=O) groups is 3. The van der Waals surface area contributed by atoms with Crippen molar-refractivity contribution < 1.29 is 24.6 Å². The van der Waals surface area contributed by atoms with Crippen molar-refractivity contribution in [3.8, 4) is 5.75 Å². The van der Waals surface area contributed by atoms with Crippen LogP contribution >= 0.6 is 27.3 Å². The smallest absolute Gasteiger partial charge is 0.352 e. The highest BCUT2D eigenvalue weighted by atomic mass is 79.9. The summed E-state index contributed by atoms with van der Waals surface area (Å²) in [6.45, 7) is 3.79. The van der Waals surface area contributed by atoms with Crippen LogP contribution in [0, 0.1) is 13.8 Å². The van der Waals surface area contributed by atoms with Crippen molar-refractivity contribution in [2.45, 2.75) is 20.4 Å². The largest absolute Gasteiger partial charge is 0.508 e. The topological polar surface area (TPSA) is 129 Å². The van der Waals surface area contributed by atoms with Crippen LogP contribution in [0.2, 0.25) is 0 Å². The Hall–Kier alpha value is -3.50. The molecule has 0 fully saturated rings. The summed E-state index contributed by atoms with van der Waals surface area (Å²) in [6, 6.07) is 10.9. The fourth-order valence-corrected chi connectivity index (χ4v) is 4.37. The van der Waals surface area contributed by atoms with Gasteiger partial charge in [-0.05, 0) is 71.7 Å². The van der Waals surface area contributed by atoms with Crippen molar-refractivity contribution >= 4 is 51.1 Å². The molecule has 0 aliphatic rings. The molecule has 4 N–H and O–H groups in total. The first-order chi connectivity index (χ1) is 15.6. The molecule has 0 aliphatic heterocycles. The molecule has 1 aromatic heterocycles. The number of hydrogen-bond acceptors (Lipinski definition) is 6. The third kappa shape index (κ3) is 6.27. The highest BCUT2D eigenvalue weighted by molar-refractivity contribution is 9.10. The SMILES string of the molecule is Cc1nc(C)c(/C=C(\NC(=O)c2ccc(C(=O)NCc3cccc(O)c3)cc2Br)C(=O)O)s1. The van der Waals surface area contributed by atoms with Crippen LogP contribution in [0.25, 0.3) is 6.08 Å². The number of halogens is 1. The highest BCUT2D eigenvalue weighted by Gasteiger charge is 2.18. The van der Waals surface area contributed by atoms with E-state index in [1.165, 1.54) is 41.7 Å². The van der Waals surface area contributed by atoms with Crippen LogP contribution in [0.5, 0.6) is 5.75 Å². The molecule has 3 rings (SSSR count). The first kappa shape index (κ1) is 24.1. The van der Waals surface area contributed by atoms with Crippen LogP contribution in [0.4, 0.5) is 0 Å². The fraction of sp³-hybridized carbons (Fsp3) is 0.130. The van der Waals surface area contributed by atoms with Crippen molar-refractivity contribution in [2.24, 2.45) is 0 Å². The summed E-state index contributed by atoms with van der Waals surface area (Å²) in [5.74, 6) is -2.18. The molecule has 0 saturated heterocycles. The van der Waals surface area contributed by atoms with E-state index in [4.69, 9.17) is 0 Å². The van der Waals surface area contributed by atoms with Gasteiger partial charge in [-0.15, -0.1) is 11.3 Å². The van der Waals surface area contributed by atoms with E-state index in [1.807, 2.05) is 6.92 Å². The number of phenols is 1. The summed E-state index contributed by atoms with van der Waals surface area (Å²) in [5.41, 5.74) is 1.60. The van der Waals surface area contributed by atoms with Gasteiger partial charge in [-0.25, -0.2) is 9.78 Å². The quantitative estimate of drug-likeness (QED) is 0.342. The van der Waals surface area contributed by atoms with Crippen LogP contribution in [-0.2, 0) is 11.3 Å². The Morgan fingerprint density at radius 2 is 1.88 bits per heavy atom. The summed E-state index contributed by atoms with van der Waals surface area (Å²) >= 11 is 4.61. The number of carboxylic acid groups (broad SMARTS) is 1. The monoisotopic (exact) mass is 529 g/mol. The lowest BCUT2D eigenvalue weighted by Gasteiger charge is -2.10. The summed E-state index contributed by atoms with van der Waals surface area (Å²) in [7, 11) is 0. The van der Waals surface area contributed by atoms with Gasteiger partial charge in [0.2, 0.25) is 0 Å². The predicted octanol–water partition coefficient (Wildman–Crippen LogP) is 4.01. The van der Waals surface area contributed by atoms with Crippen LogP contribution in [-0.4, -0.2) is 33.0 Å². The Morgan fingerprint density at radius 3 is 2.48 bits per heavy atom. The highest BCUT2D eigenvalue weighted by Crippen LogP contribution is 2.22. The molecule has 2 amide bonds. The number of amides is 2. The van der Waals surface area contributed by atoms with E-state index >= 15 is 0 Å². The van der Waals surface area contributed by atoms with E-state index in [9.17, 15) is 24.6 Å². The zero-order chi connectivity index (χ0) is 24.1. The number of aromatic nitrogens is 1. The molecule has 0 radical (unpaired) electrons. The summed E-state index contributed by atoms with van der Waals surface area (Å²) in [6.07, 6.45) is 1.37. The third-order valence-electron chi connectivity index (χ3n) is 4.53. The van der Waals surface area contributed by atoms with Gasteiger partial charge in [0.15, 0.2) is 0 Å². The van der Waals surface area contributed by atoms with Gasteiger partial charge in [0.25, 0.3) is 11.8 Å². The minimum absolute atomic E-state index is 0.107. The fourth-order valence-electron chi connectivity index (χ4n) is 2.94. The maximum absolute atomic E-state index is 12.7. The average molecular weight is 530 g/mol. The summed E-state index contributed by atoms with van der Waals surface area (Å²) < 4.78 is 0.333. The van der Waals surface area contributed by atoms with Crippen molar-refractivity contribution in [2.75, 3.05) is 0 Å². The van der Waals surface area contributed by atoms with Crippen LogP contribution in [0.3, 0.4) is 0 Å². The Balaban J connectivity index is 1.72. The summed E-state index contributed by atoms with van der Waals surface area (Å²) in [5, 5.41) is 24.9. The first-order valence-corrected chi connectivity index (χ1v) is 11.3. The summed E-state index contributed by atoms with van der Waals surface area (Å²) in [4.78, 5) is 41.7. The van der Waals surface area contributed by atoms with Gasteiger partial charge < -0.3 is 20.8 Å². The number of hydrogen-bond donors (Lipinski definition) is 4. The molecule has 0 saturated carbocycles. The Labute approximate surface area is 202 Å². The number of carbonyl (C=O) groups excluding carboxylic acids is 2. The lowest BCUT2D eigenvalue weighted by atomic mass is 10.1. The van der Waals surface area contributed by atoms with E-state index in [-0.39, 0.29) is 29.5 Å². The van der Waals surface area contributed by atoms with Crippen molar-refractivity contribution in [1.29, 1.82) is 0 Å². The molecule has 8 nitrogen and oxygen atoms in total. The van der Waals surface area contributed by atoms with Crippen LogP contribution < -0.4 is 10.6 Å². The molecule has 0 unspecified atom stereocenters. The number of aromatic hydroxyl groups is 1. The van der Waals surface area contributed by atoms with Crippen molar-refractivity contribution in [3.05, 3.63) is 84.9 Å². The van der Waals surface area contributed by atoms with E-state index in [2.05, 4.69) is 31.5 Å². The van der Waals surface area contributed by atoms with Gasteiger partial charge in [0, 0.05) is 16.6 Å². The molecule has 0 aliphatic carbocycles. The van der Waals surface area contributed by atoms with E-state index in [0.29, 0.717) is 20.6 Å². The standard InChI is InChI=1S/C23H20BrN3O5S/c1-12-20(33-13(2)26-12)10-19(23(31)32)27-22(30)17-7-6-15(9-18(17)24)21(29)25-11-14-4-3-5-16(28)8-14/h3-10,28H,11H2,1-2H3,(H,25,29)(H,27,30)(H,31,32)/b19-10-. The maximum Gasteiger partial charge on any atom is 0.352 e. The number of nitrogens with one attached hydrogen (secondary N) is 2. The Bertz CT molecular complexity index is 1270. The third-order valence-corrected chi connectivity index (χ3v) is 6.21. The number of thiazole rings is 1. The van der Waals surface area contributed by atoms with Crippen LogP contribution in [0.1, 0.15) is 41.9 Å². The lowest BCUT2D eigenvalue weighted by molar-refractivity contribution is -0.132. The number of nitrogens with zero attached hydrogens (tertiary/aromatic N) is 1. The van der Waals surface area contributed by atoms with Crippen molar-refractivity contribution in [3.63, 3.8) is 0 Å². The molecular weight excluding hydrogens is 510 g/mol. The van der Waals surface area contributed by atoms with Gasteiger partial charge in [-0.2, -0.15) is 0 Å². The molecule has 1 heterocycles. The number of aliphatic carboxylic acids is 1. The minimum Gasteiger partial charge on any atom is -0.508 e. The van der Waals surface area contributed by atoms with Gasteiger partial charge in [0.1, 0.15) is 11.4 Å². The molecular formula is C23H20BrN3O5S. The number of phenolic OH excluding ortho intramolecular Hbond substituents is 1.